The van der Waals surface area contributed by atoms with E-state index in [4.69, 9.17) is 4.84 Å². The fraction of sp³-hybridized carbons (Fsp3) is 0.636. The van der Waals surface area contributed by atoms with Gasteiger partial charge in [0.2, 0.25) is 0 Å². The first-order chi connectivity index (χ1) is 8.68. The molecule has 1 aromatic heterocycles. The van der Waals surface area contributed by atoms with Gasteiger partial charge in [-0.2, -0.15) is 0 Å². The number of hydrogen-bond donors (Lipinski definition) is 1. The minimum atomic E-state index is -3.49. The zero-order valence-electron chi connectivity index (χ0n) is 10.2. The largest absolute Gasteiger partial charge is 0.301 e. The van der Waals surface area contributed by atoms with Crippen LogP contribution < -0.4 is 4.89 Å². The summed E-state index contributed by atoms with van der Waals surface area (Å²) in [6.45, 7) is 3.32. The Labute approximate surface area is 112 Å². The lowest BCUT2D eigenvalue weighted by Crippen LogP contribution is -2.34. The minimum absolute atomic E-state index is 0.278. The number of piperidine rings is 1. The summed E-state index contributed by atoms with van der Waals surface area (Å²) in [5.41, 5.74) is 0. The second-order valence-electron chi connectivity index (χ2n) is 4.27. The predicted octanol–water partition coefficient (Wildman–Crippen LogP) is 1.44. The number of likely N-dealkylation sites (tertiary alicyclic amines) is 1. The number of nitrogens with one attached hydrogen (secondary N) is 1. The van der Waals surface area contributed by atoms with Crippen molar-refractivity contribution >= 4 is 21.4 Å². The van der Waals surface area contributed by atoms with Crippen LogP contribution in [-0.2, 0) is 14.9 Å². The molecule has 0 amide bonds. The summed E-state index contributed by atoms with van der Waals surface area (Å²) < 4.78 is 23.7. The summed E-state index contributed by atoms with van der Waals surface area (Å²) >= 11 is 1.18. The van der Waals surface area contributed by atoms with E-state index in [1.165, 1.54) is 30.6 Å². The molecule has 7 heteroatoms. The van der Waals surface area contributed by atoms with Gasteiger partial charge >= 0.3 is 0 Å². The molecule has 2 heterocycles. The maximum absolute atomic E-state index is 11.7. The lowest BCUT2D eigenvalue weighted by Gasteiger charge is -2.25. The fourth-order valence-electron chi connectivity index (χ4n) is 1.93. The van der Waals surface area contributed by atoms with Crippen LogP contribution in [0.4, 0.5) is 0 Å². The van der Waals surface area contributed by atoms with Gasteiger partial charge in [-0.3, -0.25) is 4.84 Å². The topological polar surface area (TPSA) is 58.6 Å². The Kier molecular flexibility index (Phi) is 5.13. The average Bonchev–Trinajstić information content (AvgIpc) is 2.91. The van der Waals surface area contributed by atoms with E-state index in [2.05, 4.69) is 9.79 Å². The lowest BCUT2D eigenvalue weighted by molar-refractivity contribution is 0.0657. The summed E-state index contributed by atoms with van der Waals surface area (Å²) in [5.74, 6) is 0. The van der Waals surface area contributed by atoms with Gasteiger partial charge in [0.05, 0.1) is 6.61 Å². The maximum atomic E-state index is 11.7. The summed E-state index contributed by atoms with van der Waals surface area (Å²) in [6.07, 6.45) is 3.74. The van der Waals surface area contributed by atoms with Crippen LogP contribution in [0, 0.1) is 0 Å². The van der Waals surface area contributed by atoms with E-state index < -0.39 is 10.0 Å². The predicted molar refractivity (Wildman–Crippen MR) is 70.9 cm³/mol. The maximum Gasteiger partial charge on any atom is 0.271 e. The van der Waals surface area contributed by atoms with E-state index in [1.807, 2.05) is 0 Å². The normalized spacial score (nSPS) is 18.0. The average molecular weight is 290 g/mol. The van der Waals surface area contributed by atoms with E-state index in [-0.39, 0.29) is 4.21 Å². The van der Waals surface area contributed by atoms with Crippen molar-refractivity contribution < 1.29 is 13.3 Å². The molecule has 5 nitrogen and oxygen atoms in total. The summed E-state index contributed by atoms with van der Waals surface area (Å²) in [7, 11) is -3.49. The molecular weight excluding hydrogens is 272 g/mol. The molecule has 0 aliphatic carbocycles. The van der Waals surface area contributed by atoms with Crippen LogP contribution in [0.3, 0.4) is 0 Å². The fourth-order valence-corrected chi connectivity index (χ4v) is 3.74. The Balaban J connectivity index is 1.69. The van der Waals surface area contributed by atoms with Crippen molar-refractivity contribution in [3.8, 4) is 0 Å². The monoisotopic (exact) mass is 290 g/mol. The van der Waals surface area contributed by atoms with E-state index in [1.54, 1.807) is 17.5 Å². The highest BCUT2D eigenvalue weighted by Crippen LogP contribution is 2.15. The first-order valence-corrected chi connectivity index (χ1v) is 8.44. The lowest BCUT2D eigenvalue weighted by atomic mass is 10.1. The zero-order chi connectivity index (χ0) is 12.8. The molecule has 18 heavy (non-hydrogen) atoms. The Morgan fingerprint density at radius 2 is 2.11 bits per heavy atom. The van der Waals surface area contributed by atoms with Gasteiger partial charge in [-0.05, 0) is 37.4 Å². The Morgan fingerprint density at radius 3 is 2.78 bits per heavy atom. The molecule has 102 valence electrons. The van der Waals surface area contributed by atoms with Crippen LogP contribution >= 0.6 is 11.3 Å². The zero-order valence-corrected chi connectivity index (χ0v) is 11.8. The molecule has 0 saturated carbocycles. The third kappa shape index (κ3) is 4.03. The third-order valence-corrected chi connectivity index (χ3v) is 5.50. The first-order valence-electron chi connectivity index (χ1n) is 6.08. The van der Waals surface area contributed by atoms with Gasteiger partial charge in [0.15, 0.2) is 0 Å². The van der Waals surface area contributed by atoms with Crippen molar-refractivity contribution in [2.45, 2.75) is 23.5 Å². The number of sulfonamides is 1. The second kappa shape index (κ2) is 6.63. The Hall–Kier alpha value is -0.470. The standard InChI is InChI=1S/C11H18N2O3S2/c14-18(15,11-5-4-10-17-11)12-16-9-8-13-6-2-1-3-7-13/h4-5,10,12H,1-3,6-9H2. The molecule has 1 aliphatic heterocycles. The van der Waals surface area contributed by atoms with Crippen LogP contribution in [-0.4, -0.2) is 39.6 Å². The molecule has 0 atom stereocenters. The highest BCUT2D eigenvalue weighted by atomic mass is 32.2. The van der Waals surface area contributed by atoms with Gasteiger partial charge in [0.25, 0.3) is 10.0 Å². The van der Waals surface area contributed by atoms with Crippen molar-refractivity contribution in [2.75, 3.05) is 26.2 Å². The summed E-state index contributed by atoms with van der Waals surface area (Å²) in [6, 6.07) is 3.26. The van der Waals surface area contributed by atoms with Crippen LogP contribution in [0.15, 0.2) is 21.7 Å². The molecule has 1 N–H and O–H groups in total. The third-order valence-electron chi connectivity index (χ3n) is 2.89. The van der Waals surface area contributed by atoms with Crippen LogP contribution in [0.2, 0.25) is 0 Å². The van der Waals surface area contributed by atoms with Crippen LogP contribution in [0.1, 0.15) is 19.3 Å². The molecule has 0 bridgehead atoms. The van der Waals surface area contributed by atoms with Gasteiger partial charge in [-0.1, -0.05) is 17.4 Å². The second-order valence-corrected chi connectivity index (χ2v) is 7.09. The van der Waals surface area contributed by atoms with Crippen molar-refractivity contribution in [1.82, 2.24) is 9.79 Å². The van der Waals surface area contributed by atoms with Crippen molar-refractivity contribution in [1.29, 1.82) is 0 Å². The first kappa shape index (κ1) is 14.0. The SMILES string of the molecule is O=S(=O)(NOCCN1CCCCC1)c1cccs1. The van der Waals surface area contributed by atoms with Gasteiger partial charge < -0.3 is 4.90 Å². The van der Waals surface area contributed by atoms with Gasteiger partial charge in [0, 0.05) is 6.54 Å². The number of hydrogen-bond acceptors (Lipinski definition) is 5. The van der Waals surface area contributed by atoms with Crippen molar-refractivity contribution in [3.63, 3.8) is 0 Å². The van der Waals surface area contributed by atoms with Gasteiger partial charge in [-0.15, -0.1) is 11.3 Å². The van der Waals surface area contributed by atoms with Crippen molar-refractivity contribution in [3.05, 3.63) is 17.5 Å². The molecule has 0 aromatic carbocycles. The molecular formula is C11H18N2O3S2. The van der Waals surface area contributed by atoms with E-state index in [0.29, 0.717) is 6.61 Å². The summed E-state index contributed by atoms with van der Waals surface area (Å²) in [5, 5.41) is 1.72. The highest BCUT2D eigenvalue weighted by molar-refractivity contribution is 7.91. The molecule has 1 aliphatic rings. The summed E-state index contributed by atoms with van der Waals surface area (Å²) in [4.78, 5) is 9.50. The highest BCUT2D eigenvalue weighted by Gasteiger charge is 2.15. The molecule has 2 rings (SSSR count). The number of nitrogens with zero attached hydrogens (tertiary/aromatic N) is 1. The van der Waals surface area contributed by atoms with E-state index >= 15 is 0 Å². The van der Waals surface area contributed by atoms with Crippen LogP contribution in [0.25, 0.3) is 0 Å². The minimum Gasteiger partial charge on any atom is -0.301 e. The molecule has 0 spiro atoms. The van der Waals surface area contributed by atoms with Gasteiger partial charge in [-0.25, -0.2) is 8.42 Å². The van der Waals surface area contributed by atoms with Crippen LogP contribution in [0.5, 0.6) is 0 Å². The van der Waals surface area contributed by atoms with E-state index in [9.17, 15) is 8.42 Å². The molecule has 1 fully saturated rings. The smallest absolute Gasteiger partial charge is 0.271 e. The van der Waals surface area contributed by atoms with E-state index in [0.717, 1.165) is 19.6 Å². The van der Waals surface area contributed by atoms with Gasteiger partial charge in [0.1, 0.15) is 4.21 Å². The molecule has 1 aromatic rings. The Morgan fingerprint density at radius 1 is 1.33 bits per heavy atom. The quantitative estimate of drug-likeness (QED) is 0.636. The number of thiophene rings is 1. The number of rotatable bonds is 6. The molecule has 0 unspecified atom stereocenters. The molecule has 1 saturated heterocycles. The van der Waals surface area contributed by atoms with Crippen molar-refractivity contribution in [2.24, 2.45) is 0 Å². The Bertz CT molecular complexity index is 439. The molecule has 0 radical (unpaired) electrons.